The maximum Gasteiger partial charge on any atom is 0.236 e. The Balaban J connectivity index is 1.62. The van der Waals surface area contributed by atoms with Crippen molar-refractivity contribution in [3.8, 4) is 5.75 Å². The van der Waals surface area contributed by atoms with Crippen LogP contribution in [0.4, 0.5) is 11.4 Å². The van der Waals surface area contributed by atoms with Gasteiger partial charge in [-0.2, -0.15) is 0 Å². The van der Waals surface area contributed by atoms with Crippen molar-refractivity contribution in [3.63, 3.8) is 0 Å². The van der Waals surface area contributed by atoms with Gasteiger partial charge in [0.1, 0.15) is 5.75 Å². The lowest BCUT2D eigenvalue weighted by Crippen LogP contribution is -2.44. The molecule has 0 aromatic heterocycles. The number of likely N-dealkylation sites (N-methyl/N-ethyl adjacent to an activating group) is 1. The van der Waals surface area contributed by atoms with Crippen molar-refractivity contribution in [2.24, 2.45) is 5.92 Å². The quantitative estimate of drug-likeness (QED) is 0.675. The first-order valence-corrected chi connectivity index (χ1v) is 11.8. The number of likely N-dealkylation sites (tertiary alicyclic amines) is 1. The van der Waals surface area contributed by atoms with E-state index in [1.54, 1.807) is 12.0 Å². The number of amides is 1. The van der Waals surface area contributed by atoms with E-state index in [1.807, 2.05) is 27.0 Å². The molecule has 1 saturated heterocycles. The Bertz CT molecular complexity index is 970. The summed E-state index contributed by atoms with van der Waals surface area (Å²) in [7, 11) is 3.54. The molecular formula is C27H37N3O2. The average molecular weight is 436 g/mol. The molecule has 1 amide bonds. The molecule has 1 fully saturated rings. The van der Waals surface area contributed by atoms with E-state index < -0.39 is 5.41 Å². The highest BCUT2D eigenvalue weighted by atomic mass is 16.5. The number of ether oxygens (including phenoxy) is 1. The fourth-order valence-corrected chi connectivity index (χ4v) is 5.55. The number of hydrogen-bond acceptors (Lipinski definition) is 4. The summed E-state index contributed by atoms with van der Waals surface area (Å²) in [6.07, 6.45) is 2.40. The van der Waals surface area contributed by atoms with Crippen molar-refractivity contribution >= 4 is 17.3 Å². The zero-order chi connectivity index (χ0) is 23.0. The van der Waals surface area contributed by atoms with Gasteiger partial charge in [-0.15, -0.1) is 0 Å². The summed E-state index contributed by atoms with van der Waals surface area (Å²) in [5.74, 6) is 1.40. The molecule has 0 saturated carbocycles. The van der Waals surface area contributed by atoms with E-state index in [0.717, 1.165) is 35.8 Å². The van der Waals surface area contributed by atoms with Crippen LogP contribution in [0.5, 0.6) is 5.75 Å². The van der Waals surface area contributed by atoms with E-state index in [9.17, 15) is 4.79 Å². The van der Waals surface area contributed by atoms with E-state index in [4.69, 9.17) is 4.74 Å². The zero-order valence-electron chi connectivity index (χ0n) is 20.3. The van der Waals surface area contributed by atoms with Crippen LogP contribution in [0.2, 0.25) is 0 Å². The molecule has 2 aromatic rings. The largest absolute Gasteiger partial charge is 0.495 e. The van der Waals surface area contributed by atoms with Crippen molar-refractivity contribution in [3.05, 3.63) is 53.6 Å². The van der Waals surface area contributed by atoms with E-state index in [2.05, 4.69) is 60.5 Å². The van der Waals surface area contributed by atoms with E-state index in [0.29, 0.717) is 18.0 Å². The molecule has 2 heterocycles. The summed E-state index contributed by atoms with van der Waals surface area (Å²) in [6, 6.07) is 15.9. The molecular weight excluding hydrogens is 398 g/mol. The van der Waals surface area contributed by atoms with Crippen LogP contribution in [0.3, 0.4) is 0 Å². The lowest BCUT2D eigenvalue weighted by atomic mass is 9.83. The molecule has 0 radical (unpaired) electrons. The van der Waals surface area contributed by atoms with Gasteiger partial charge in [0.05, 0.1) is 23.9 Å². The van der Waals surface area contributed by atoms with Crippen LogP contribution in [0.1, 0.15) is 57.7 Å². The van der Waals surface area contributed by atoms with Crippen molar-refractivity contribution < 1.29 is 9.53 Å². The molecule has 5 heteroatoms. The van der Waals surface area contributed by atoms with Crippen LogP contribution in [0.25, 0.3) is 0 Å². The van der Waals surface area contributed by atoms with Gasteiger partial charge in [0, 0.05) is 31.7 Å². The third kappa shape index (κ3) is 3.88. The van der Waals surface area contributed by atoms with Gasteiger partial charge in [0.15, 0.2) is 0 Å². The summed E-state index contributed by atoms with van der Waals surface area (Å²) < 4.78 is 5.72. The normalized spacial score (nSPS) is 22.8. The number of carbonyl (C=O) groups is 1. The first kappa shape index (κ1) is 22.7. The predicted molar refractivity (Wildman–Crippen MR) is 132 cm³/mol. The Kier molecular flexibility index (Phi) is 6.22. The lowest BCUT2D eigenvalue weighted by molar-refractivity contribution is -0.121. The molecule has 2 atom stereocenters. The van der Waals surface area contributed by atoms with Crippen molar-refractivity contribution in [2.75, 3.05) is 37.5 Å². The van der Waals surface area contributed by atoms with Gasteiger partial charge in [0.2, 0.25) is 5.91 Å². The number of hydrogen-bond donors (Lipinski definition) is 1. The van der Waals surface area contributed by atoms with Gasteiger partial charge >= 0.3 is 0 Å². The molecule has 5 nitrogen and oxygen atoms in total. The first-order chi connectivity index (χ1) is 15.3. The number of nitrogens with one attached hydrogen (secondary N) is 1. The van der Waals surface area contributed by atoms with Crippen LogP contribution in [-0.4, -0.2) is 44.1 Å². The van der Waals surface area contributed by atoms with Crippen LogP contribution in [0, 0.1) is 5.92 Å². The number of fused-ring (bicyclic) bond motifs is 1. The Hall–Kier alpha value is -2.53. The Morgan fingerprint density at radius 1 is 1.19 bits per heavy atom. The number of carbonyl (C=O) groups excluding carboxylic acids is 1. The summed E-state index contributed by atoms with van der Waals surface area (Å²) in [6.45, 7) is 10.6. The molecule has 2 aliphatic rings. The van der Waals surface area contributed by atoms with Crippen LogP contribution >= 0.6 is 0 Å². The monoisotopic (exact) mass is 435 g/mol. The van der Waals surface area contributed by atoms with Crippen molar-refractivity contribution in [1.29, 1.82) is 0 Å². The lowest BCUT2D eigenvalue weighted by Gasteiger charge is -2.44. The van der Waals surface area contributed by atoms with Gasteiger partial charge in [-0.25, -0.2) is 0 Å². The summed E-state index contributed by atoms with van der Waals surface area (Å²) in [5.41, 5.74) is 3.82. The molecule has 2 aliphatic heterocycles. The highest BCUT2D eigenvalue weighted by Gasteiger charge is 2.43. The second-order valence-electron chi connectivity index (χ2n) is 10.0. The molecule has 0 bridgehead atoms. The van der Waals surface area contributed by atoms with E-state index >= 15 is 0 Å². The fraction of sp³-hybridized carbons (Fsp3) is 0.519. The molecule has 2 unspecified atom stereocenters. The number of anilines is 2. The van der Waals surface area contributed by atoms with E-state index in [1.165, 1.54) is 18.4 Å². The van der Waals surface area contributed by atoms with Gasteiger partial charge in [-0.05, 0) is 70.2 Å². The number of rotatable bonds is 6. The maximum atomic E-state index is 12.8. The molecule has 0 spiro atoms. The second kappa shape index (κ2) is 8.78. The Labute approximate surface area is 192 Å². The smallest absolute Gasteiger partial charge is 0.236 e. The summed E-state index contributed by atoms with van der Waals surface area (Å²) >= 11 is 0. The minimum absolute atomic E-state index is 0.121. The number of piperidine rings is 1. The Morgan fingerprint density at radius 3 is 2.56 bits per heavy atom. The standard InChI is InChI=1S/C27H37N3O2/c1-18(2)30-14-10-13-20(25(30)19-11-8-7-9-12-19)17-28-22-15-21-23(16-24(22)32-6)29(5)26(31)27(21,3)4/h7-9,11-12,15-16,18,20,25,28H,10,13-14,17H2,1-6H3. The molecule has 32 heavy (non-hydrogen) atoms. The van der Waals surface area contributed by atoms with Crippen molar-refractivity contribution in [2.45, 2.75) is 58.0 Å². The second-order valence-corrected chi connectivity index (χ2v) is 10.0. The van der Waals surface area contributed by atoms with Crippen molar-refractivity contribution in [1.82, 2.24) is 4.90 Å². The molecule has 172 valence electrons. The SMILES string of the molecule is COc1cc2c(cc1NCC1CCCN(C(C)C)C1c1ccccc1)C(C)(C)C(=O)N2C. The fourth-order valence-electron chi connectivity index (χ4n) is 5.55. The van der Waals surface area contributed by atoms with Crippen LogP contribution in [-0.2, 0) is 10.2 Å². The van der Waals surface area contributed by atoms with E-state index in [-0.39, 0.29) is 5.91 Å². The minimum Gasteiger partial charge on any atom is -0.495 e. The van der Waals surface area contributed by atoms with Gasteiger partial charge in [-0.3, -0.25) is 9.69 Å². The topological polar surface area (TPSA) is 44.8 Å². The highest BCUT2D eigenvalue weighted by molar-refractivity contribution is 6.08. The summed E-state index contributed by atoms with van der Waals surface area (Å²) in [5, 5.41) is 3.71. The third-order valence-corrected chi connectivity index (χ3v) is 7.35. The predicted octanol–water partition coefficient (Wildman–Crippen LogP) is 5.22. The zero-order valence-corrected chi connectivity index (χ0v) is 20.3. The highest BCUT2D eigenvalue weighted by Crippen LogP contribution is 2.46. The van der Waals surface area contributed by atoms with Gasteiger partial charge in [-0.1, -0.05) is 30.3 Å². The van der Waals surface area contributed by atoms with Crippen LogP contribution < -0.4 is 15.0 Å². The van der Waals surface area contributed by atoms with Gasteiger partial charge in [0.25, 0.3) is 0 Å². The van der Waals surface area contributed by atoms with Gasteiger partial charge < -0.3 is 15.0 Å². The molecule has 2 aromatic carbocycles. The Morgan fingerprint density at radius 2 is 1.91 bits per heavy atom. The third-order valence-electron chi connectivity index (χ3n) is 7.35. The molecule has 1 N–H and O–H groups in total. The average Bonchev–Trinajstić information content (AvgIpc) is 2.96. The number of benzene rings is 2. The molecule has 0 aliphatic carbocycles. The molecule has 4 rings (SSSR count). The maximum absolute atomic E-state index is 12.8. The number of methoxy groups -OCH3 is 1. The number of nitrogens with zero attached hydrogens (tertiary/aromatic N) is 2. The minimum atomic E-state index is -0.529. The van der Waals surface area contributed by atoms with Crippen LogP contribution in [0.15, 0.2) is 42.5 Å². The summed E-state index contributed by atoms with van der Waals surface area (Å²) in [4.78, 5) is 17.1. The first-order valence-electron chi connectivity index (χ1n) is 11.8.